The van der Waals surface area contributed by atoms with Crippen LogP contribution in [0.4, 0.5) is 0 Å². The largest absolute Gasteiger partial charge is 0.345 e. The van der Waals surface area contributed by atoms with Gasteiger partial charge in [0.2, 0.25) is 35.4 Å². The van der Waals surface area contributed by atoms with Crippen LogP contribution in [0.15, 0.2) is 30.3 Å². The van der Waals surface area contributed by atoms with Gasteiger partial charge in [-0.1, -0.05) is 78.3 Å². The van der Waals surface area contributed by atoms with E-state index in [1.807, 2.05) is 39.0 Å². The average Bonchev–Trinajstić information content (AvgIpc) is 2.95. The van der Waals surface area contributed by atoms with Crippen LogP contribution in [0.25, 0.3) is 0 Å². The molecule has 12 nitrogen and oxygen atoms in total. The zero-order chi connectivity index (χ0) is 32.3. The highest BCUT2D eigenvalue weighted by atomic mass is 16.2. The van der Waals surface area contributed by atoms with E-state index in [0.717, 1.165) is 5.56 Å². The molecule has 1 aromatic rings. The van der Waals surface area contributed by atoms with Gasteiger partial charge in [-0.2, -0.15) is 0 Å². The summed E-state index contributed by atoms with van der Waals surface area (Å²) in [6.07, 6.45) is 0.987. The maximum atomic E-state index is 13.4. The van der Waals surface area contributed by atoms with Gasteiger partial charge < -0.3 is 31.9 Å². The van der Waals surface area contributed by atoms with Gasteiger partial charge in [0.05, 0.1) is 6.54 Å². The second kappa shape index (κ2) is 16.6. The van der Waals surface area contributed by atoms with Gasteiger partial charge in [0, 0.05) is 6.42 Å². The maximum Gasteiger partial charge on any atom is 0.243 e. The number of nitrogens with one attached hydrogen (secondary N) is 6. The molecular formula is C31H48N6O6. The molecule has 6 unspecified atom stereocenters. The SMILES string of the molecule is CCC(C)C1NC(=O)C(C(C)C)NC(=O)C(CC(C)C)NC(=O)CNC(=O)C(Cc2ccccc2)NC(=O)C(C)NC1=O. The number of carbonyl (C=O) groups excluding carboxylic acids is 6. The standard InChI is InChI=1S/C31H48N6O6/c1-8-19(6)26-31(43)33-20(7)27(39)35-23(15-21-12-10-9-11-13-21)28(40)32-16-24(38)34-22(14-17(2)3)29(41)36-25(18(4)5)30(42)37-26/h9-13,17-20,22-23,25-26H,8,14-16H2,1-7H3,(H,32,40)(H,33,43)(H,34,38)(H,35,39)(H,36,41)(H,37,42). The van der Waals surface area contributed by atoms with Gasteiger partial charge in [-0.25, -0.2) is 0 Å². The molecule has 6 atom stereocenters. The summed E-state index contributed by atoms with van der Waals surface area (Å²) < 4.78 is 0. The predicted molar refractivity (Wildman–Crippen MR) is 162 cm³/mol. The van der Waals surface area contributed by atoms with Gasteiger partial charge in [-0.05, 0) is 36.7 Å². The van der Waals surface area contributed by atoms with E-state index in [9.17, 15) is 28.8 Å². The highest BCUT2D eigenvalue weighted by Gasteiger charge is 2.35. The minimum Gasteiger partial charge on any atom is -0.345 e. The molecule has 0 radical (unpaired) electrons. The number of carbonyl (C=O) groups is 6. The van der Waals surface area contributed by atoms with E-state index in [4.69, 9.17) is 0 Å². The Bertz CT molecular complexity index is 1140. The van der Waals surface area contributed by atoms with E-state index in [1.54, 1.807) is 32.9 Å². The van der Waals surface area contributed by atoms with E-state index in [-0.39, 0.29) is 24.2 Å². The molecule has 6 N–H and O–H groups in total. The van der Waals surface area contributed by atoms with Crippen molar-refractivity contribution in [3.63, 3.8) is 0 Å². The summed E-state index contributed by atoms with van der Waals surface area (Å²) in [6, 6.07) is 4.02. The minimum atomic E-state index is -1.05. The molecule has 0 aliphatic carbocycles. The zero-order valence-electron chi connectivity index (χ0n) is 26.3. The highest BCUT2D eigenvalue weighted by Crippen LogP contribution is 2.12. The van der Waals surface area contributed by atoms with Crippen LogP contribution in [0, 0.1) is 17.8 Å². The highest BCUT2D eigenvalue weighted by molar-refractivity contribution is 5.97. The molecule has 1 heterocycles. The van der Waals surface area contributed by atoms with Crippen molar-refractivity contribution in [2.75, 3.05) is 6.54 Å². The van der Waals surface area contributed by atoms with E-state index in [0.29, 0.717) is 12.8 Å². The van der Waals surface area contributed by atoms with Crippen molar-refractivity contribution in [1.82, 2.24) is 31.9 Å². The molecule has 1 aliphatic rings. The third-order valence-corrected chi connectivity index (χ3v) is 7.49. The van der Waals surface area contributed by atoms with Crippen molar-refractivity contribution in [3.8, 4) is 0 Å². The van der Waals surface area contributed by atoms with E-state index in [1.165, 1.54) is 6.92 Å². The van der Waals surface area contributed by atoms with Crippen LogP contribution in [0.2, 0.25) is 0 Å². The topological polar surface area (TPSA) is 175 Å². The molecular weight excluding hydrogens is 552 g/mol. The quantitative estimate of drug-likeness (QED) is 0.267. The third kappa shape index (κ3) is 11.0. The third-order valence-electron chi connectivity index (χ3n) is 7.49. The van der Waals surface area contributed by atoms with Crippen molar-refractivity contribution in [2.45, 2.75) is 97.9 Å². The van der Waals surface area contributed by atoms with E-state index >= 15 is 0 Å². The predicted octanol–water partition coefficient (Wildman–Crippen LogP) is 0.551. The molecule has 0 bridgehead atoms. The normalized spacial score (nSPS) is 25.8. The van der Waals surface area contributed by atoms with Crippen LogP contribution in [0.1, 0.15) is 66.9 Å². The summed E-state index contributed by atoms with van der Waals surface area (Å²) >= 11 is 0. The first-order valence-corrected chi connectivity index (χ1v) is 15.1. The Balaban J connectivity index is 2.46. The molecule has 1 saturated heterocycles. The lowest BCUT2D eigenvalue weighted by Gasteiger charge is -2.30. The Morgan fingerprint density at radius 3 is 1.88 bits per heavy atom. The number of hydrogen-bond donors (Lipinski definition) is 6. The average molecular weight is 601 g/mol. The monoisotopic (exact) mass is 600 g/mol. The summed E-state index contributed by atoms with van der Waals surface area (Å²) in [6.45, 7) is 12.0. The Labute approximate surface area is 254 Å². The van der Waals surface area contributed by atoms with Crippen LogP contribution in [-0.2, 0) is 35.2 Å². The molecule has 0 saturated carbocycles. The first-order chi connectivity index (χ1) is 20.2. The van der Waals surface area contributed by atoms with Crippen LogP contribution < -0.4 is 31.9 Å². The van der Waals surface area contributed by atoms with Gasteiger partial charge >= 0.3 is 0 Å². The fourth-order valence-corrected chi connectivity index (χ4v) is 4.70. The molecule has 0 aromatic heterocycles. The lowest BCUT2D eigenvalue weighted by Crippen LogP contribution is -2.61. The number of hydrogen-bond acceptors (Lipinski definition) is 6. The summed E-state index contributed by atoms with van der Waals surface area (Å²) in [4.78, 5) is 79.5. The summed E-state index contributed by atoms with van der Waals surface area (Å²) in [5.41, 5.74) is 0.777. The molecule has 6 amide bonds. The Kier molecular flexibility index (Phi) is 13.6. The molecule has 12 heteroatoms. The number of benzene rings is 1. The molecule has 1 aliphatic heterocycles. The maximum absolute atomic E-state index is 13.4. The minimum absolute atomic E-state index is 0.0285. The van der Waals surface area contributed by atoms with E-state index in [2.05, 4.69) is 31.9 Å². The van der Waals surface area contributed by atoms with Crippen molar-refractivity contribution in [2.24, 2.45) is 17.8 Å². The van der Waals surface area contributed by atoms with Crippen molar-refractivity contribution >= 4 is 35.4 Å². The molecule has 2 rings (SSSR count). The summed E-state index contributed by atoms with van der Waals surface area (Å²) in [5, 5.41) is 16.1. The summed E-state index contributed by atoms with van der Waals surface area (Å²) in [7, 11) is 0. The molecule has 1 fully saturated rings. The number of amides is 6. The first-order valence-electron chi connectivity index (χ1n) is 15.1. The first kappa shape index (κ1) is 35.2. The van der Waals surface area contributed by atoms with Crippen LogP contribution in [0.5, 0.6) is 0 Å². The Morgan fingerprint density at radius 2 is 1.30 bits per heavy atom. The lowest BCUT2D eigenvalue weighted by molar-refractivity contribution is -0.137. The summed E-state index contributed by atoms with van der Waals surface area (Å²) in [5.74, 6) is -4.05. The fraction of sp³-hybridized carbons (Fsp3) is 0.613. The van der Waals surface area contributed by atoms with Gasteiger partial charge in [0.25, 0.3) is 0 Å². The van der Waals surface area contributed by atoms with Gasteiger partial charge in [-0.3, -0.25) is 28.8 Å². The van der Waals surface area contributed by atoms with Crippen molar-refractivity contribution in [3.05, 3.63) is 35.9 Å². The van der Waals surface area contributed by atoms with Crippen LogP contribution in [-0.4, -0.2) is 72.2 Å². The zero-order valence-corrected chi connectivity index (χ0v) is 26.3. The van der Waals surface area contributed by atoms with Crippen molar-refractivity contribution < 1.29 is 28.8 Å². The fourth-order valence-electron chi connectivity index (χ4n) is 4.70. The molecule has 1 aromatic carbocycles. The number of rotatable bonds is 7. The van der Waals surface area contributed by atoms with Crippen LogP contribution in [0.3, 0.4) is 0 Å². The smallest absolute Gasteiger partial charge is 0.243 e. The van der Waals surface area contributed by atoms with Crippen LogP contribution >= 0.6 is 0 Å². The molecule has 0 spiro atoms. The molecule has 43 heavy (non-hydrogen) atoms. The lowest BCUT2D eigenvalue weighted by atomic mass is 9.95. The van der Waals surface area contributed by atoms with Gasteiger partial charge in [-0.15, -0.1) is 0 Å². The molecule has 238 valence electrons. The van der Waals surface area contributed by atoms with Crippen molar-refractivity contribution in [1.29, 1.82) is 0 Å². The van der Waals surface area contributed by atoms with E-state index < -0.39 is 72.2 Å². The second-order valence-corrected chi connectivity index (χ2v) is 12.1. The second-order valence-electron chi connectivity index (χ2n) is 12.1. The van der Waals surface area contributed by atoms with Gasteiger partial charge in [0.1, 0.15) is 30.2 Å². The Hall–Kier alpha value is -3.96. The van der Waals surface area contributed by atoms with Gasteiger partial charge in [0.15, 0.2) is 0 Å². The Morgan fingerprint density at radius 1 is 0.698 bits per heavy atom.